The van der Waals surface area contributed by atoms with Crippen LogP contribution in [0.4, 0.5) is 0 Å². The summed E-state index contributed by atoms with van der Waals surface area (Å²) in [4.78, 5) is 42.2. The summed E-state index contributed by atoms with van der Waals surface area (Å²) in [7, 11) is 1.44. The largest absolute Gasteiger partial charge is 0.480 e. The van der Waals surface area contributed by atoms with E-state index in [0.29, 0.717) is 30.4 Å². The number of nitrogens with zero attached hydrogens (tertiary/aromatic N) is 5. The van der Waals surface area contributed by atoms with Gasteiger partial charge in [-0.2, -0.15) is 0 Å². The van der Waals surface area contributed by atoms with E-state index < -0.39 is 11.9 Å². The maximum Gasteiger partial charge on any atom is 0.257 e. The normalized spacial score (nSPS) is 15.8. The summed E-state index contributed by atoms with van der Waals surface area (Å²) in [6.07, 6.45) is 4.50. The molecule has 4 rings (SSSR count). The van der Waals surface area contributed by atoms with Crippen molar-refractivity contribution in [3.8, 4) is 17.3 Å². The zero-order valence-electron chi connectivity index (χ0n) is 15.6. The molecule has 0 radical (unpaired) electrons. The summed E-state index contributed by atoms with van der Waals surface area (Å²) in [6, 6.07) is 5.70. The number of pyridine rings is 1. The lowest BCUT2D eigenvalue weighted by Gasteiger charge is -2.19. The minimum atomic E-state index is -0.635. The van der Waals surface area contributed by atoms with Crippen LogP contribution in [0.3, 0.4) is 0 Å². The first-order valence-corrected chi connectivity index (χ1v) is 8.93. The third-order valence-electron chi connectivity index (χ3n) is 4.45. The van der Waals surface area contributed by atoms with Gasteiger partial charge in [-0.05, 0) is 18.2 Å². The van der Waals surface area contributed by atoms with Gasteiger partial charge in [0.1, 0.15) is 23.8 Å². The van der Waals surface area contributed by atoms with Crippen molar-refractivity contribution < 1.29 is 14.3 Å². The van der Waals surface area contributed by atoms with E-state index in [1.54, 1.807) is 24.4 Å². The Morgan fingerprint density at radius 2 is 2.17 bits per heavy atom. The molecule has 3 aromatic rings. The van der Waals surface area contributed by atoms with Gasteiger partial charge in [-0.25, -0.2) is 19.9 Å². The van der Waals surface area contributed by atoms with Crippen LogP contribution >= 0.6 is 0 Å². The monoisotopic (exact) mass is 394 g/mol. The molecule has 1 amide bonds. The third-order valence-corrected chi connectivity index (χ3v) is 4.45. The van der Waals surface area contributed by atoms with Crippen LogP contribution in [0.2, 0.25) is 0 Å². The van der Waals surface area contributed by atoms with Crippen molar-refractivity contribution in [3.63, 3.8) is 0 Å². The number of ether oxygens (including phenoxy) is 2. The van der Waals surface area contributed by atoms with Crippen molar-refractivity contribution in [2.24, 2.45) is 0 Å². The summed E-state index contributed by atoms with van der Waals surface area (Å²) in [5.74, 6) is 0.207. The highest BCUT2D eigenvalue weighted by Gasteiger charge is 2.26. The molecular formula is C19H18N6O4. The fraction of sp³-hybridized carbons (Fsp3) is 0.263. The second kappa shape index (κ2) is 8.15. The molecule has 1 unspecified atom stereocenters. The molecule has 0 fully saturated rings. The molecule has 1 aliphatic heterocycles. The smallest absolute Gasteiger partial charge is 0.257 e. The van der Waals surface area contributed by atoms with E-state index in [2.05, 4.69) is 25.3 Å². The van der Waals surface area contributed by atoms with Gasteiger partial charge < -0.3 is 14.8 Å². The van der Waals surface area contributed by atoms with Crippen LogP contribution in [-0.4, -0.2) is 50.7 Å². The third kappa shape index (κ3) is 3.83. The van der Waals surface area contributed by atoms with Gasteiger partial charge in [0.05, 0.1) is 38.3 Å². The van der Waals surface area contributed by atoms with E-state index in [-0.39, 0.29) is 23.6 Å². The lowest BCUT2D eigenvalue weighted by atomic mass is 10.2. The number of fused-ring (bicyclic) bond motifs is 1. The number of carbonyl (C=O) groups is 1. The number of aromatic nitrogens is 5. The molecule has 1 aliphatic rings. The summed E-state index contributed by atoms with van der Waals surface area (Å²) >= 11 is 0. The molecule has 4 heterocycles. The van der Waals surface area contributed by atoms with E-state index >= 15 is 0 Å². The Morgan fingerprint density at radius 3 is 2.97 bits per heavy atom. The summed E-state index contributed by atoms with van der Waals surface area (Å²) < 4.78 is 12.3. The zero-order valence-corrected chi connectivity index (χ0v) is 15.6. The molecule has 0 bridgehead atoms. The summed E-state index contributed by atoms with van der Waals surface area (Å²) in [6.45, 7) is 0.853. The van der Waals surface area contributed by atoms with Crippen molar-refractivity contribution in [3.05, 3.63) is 64.7 Å². The van der Waals surface area contributed by atoms with Crippen LogP contribution in [0.1, 0.15) is 22.2 Å². The number of methoxy groups -OCH3 is 1. The number of amides is 1. The molecule has 10 nitrogen and oxygen atoms in total. The lowest BCUT2D eigenvalue weighted by Crippen LogP contribution is -2.35. The van der Waals surface area contributed by atoms with Crippen molar-refractivity contribution in [2.45, 2.75) is 12.6 Å². The molecule has 0 spiro atoms. The lowest BCUT2D eigenvalue weighted by molar-refractivity contribution is 0.0852. The fourth-order valence-electron chi connectivity index (χ4n) is 3.09. The molecular weight excluding hydrogens is 376 g/mol. The van der Waals surface area contributed by atoms with Crippen LogP contribution < -0.4 is 15.6 Å². The molecule has 3 aromatic heterocycles. The van der Waals surface area contributed by atoms with E-state index in [1.165, 1.54) is 30.3 Å². The second-order valence-corrected chi connectivity index (χ2v) is 6.25. The summed E-state index contributed by atoms with van der Waals surface area (Å²) in [5, 5.41) is 2.87. The van der Waals surface area contributed by atoms with Gasteiger partial charge in [0, 0.05) is 18.5 Å². The highest BCUT2D eigenvalue weighted by atomic mass is 16.5. The quantitative estimate of drug-likeness (QED) is 0.683. The average molecular weight is 394 g/mol. The number of carbonyl (C=O) groups excluding carboxylic acids is 1. The van der Waals surface area contributed by atoms with Crippen LogP contribution in [0.25, 0.3) is 11.4 Å². The van der Waals surface area contributed by atoms with Crippen molar-refractivity contribution in [1.82, 2.24) is 29.8 Å². The standard InChI is InChI=1S/C19H18N6O4/c1-28-19-12(3-2-5-21-19)18(27)24-15-10-29-8-7-25-16(26)9-14(23-17(15)25)13-4-6-20-11-22-13/h2-6,9,11,15H,7-8,10H2,1H3,(H,24,27). The Balaban J connectivity index is 1.72. The van der Waals surface area contributed by atoms with Gasteiger partial charge in [-0.1, -0.05) is 0 Å². The van der Waals surface area contributed by atoms with Crippen LogP contribution in [0.15, 0.2) is 47.8 Å². The number of hydrogen-bond acceptors (Lipinski definition) is 8. The van der Waals surface area contributed by atoms with Crippen molar-refractivity contribution in [1.29, 1.82) is 0 Å². The van der Waals surface area contributed by atoms with E-state index in [0.717, 1.165) is 0 Å². The first-order valence-electron chi connectivity index (χ1n) is 8.93. The number of hydrogen-bond donors (Lipinski definition) is 1. The number of nitrogens with one attached hydrogen (secondary N) is 1. The van der Waals surface area contributed by atoms with Gasteiger partial charge in [-0.15, -0.1) is 0 Å². The van der Waals surface area contributed by atoms with E-state index in [4.69, 9.17) is 9.47 Å². The van der Waals surface area contributed by atoms with Crippen LogP contribution in [0.5, 0.6) is 5.88 Å². The molecule has 148 valence electrons. The molecule has 1 N–H and O–H groups in total. The summed E-state index contributed by atoms with van der Waals surface area (Å²) in [5.41, 5.74) is 0.959. The minimum Gasteiger partial charge on any atom is -0.480 e. The van der Waals surface area contributed by atoms with Gasteiger partial charge in [-0.3, -0.25) is 14.2 Å². The van der Waals surface area contributed by atoms with Gasteiger partial charge >= 0.3 is 0 Å². The first kappa shape index (κ1) is 18.7. The first-order chi connectivity index (χ1) is 14.2. The van der Waals surface area contributed by atoms with E-state index in [1.807, 2.05) is 0 Å². The van der Waals surface area contributed by atoms with Crippen molar-refractivity contribution in [2.75, 3.05) is 20.3 Å². The molecule has 0 aliphatic carbocycles. The van der Waals surface area contributed by atoms with E-state index in [9.17, 15) is 9.59 Å². The Kier molecular flexibility index (Phi) is 5.25. The van der Waals surface area contributed by atoms with Crippen LogP contribution in [0, 0.1) is 0 Å². The predicted octanol–water partition coefficient (Wildman–Crippen LogP) is 0.605. The Labute approximate surface area is 165 Å². The molecule has 10 heteroatoms. The topological polar surface area (TPSA) is 121 Å². The zero-order chi connectivity index (χ0) is 20.2. The fourth-order valence-corrected chi connectivity index (χ4v) is 3.09. The van der Waals surface area contributed by atoms with Crippen LogP contribution in [-0.2, 0) is 11.3 Å². The average Bonchev–Trinajstić information content (AvgIpc) is 2.97. The molecule has 0 saturated heterocycles. The molecule has 29 heavy (non-hydrogen) atoms. The highest BCUT2D eigenvalue weighted by Crippen LogP contribution is 2.20. The number of rotatable bonds is 4. The maximum atomic E-state index is 12.8. The molecule has 1 atom stereocenters. The van der Waals surface area contributed by atoms with Gasteiger partial charge in [0.2, 0.25) is 5.88 Å². The van der Waals surface area contributed by atoms with Crippen molar-refractivity contribution >= 4 is 5.91 Å². The Hall–Kier alpha value is -3.66. The minimum absolute atomic E-state index is 0.175. The Morgan fingerprint density at radius 1 is 1.28 bits per heavy atom. The Bertz CT molecular complexity index is 1090. The maximum absolute atomic E-state index is 12.8. The highest BCUT2D eigenvalue weighted by molar-refractivity contribution is 5.96. The predicted molar refractivity (Wildman–Crippen MR) is 101 cm³/mol. The SMILES string of the molecule is COc1ncccc1C(=O)NC1COCCn2c1nc(-c1ccncn1)cc2=O. The molecule has 0 aromatic carbocycles. The van der Waals surface area contributed by atoms with Gasteiger partial charge in [0.25, 0.3) is 11.5 Å². The van der Waals surface area contributed by atoms with Gasteiger partial charge in [0.15, 0.2) is 0 Å². The second-order valence-electron chi connectivity index (χ2n) is 6.25. The molecule has 0 saturated carbocycles.